The summed E-state index contributed by atoms with van der Waals surface area (Å²) in [5, 5.41) is 8.22. The zero-order valence-electron chi connectivity index (χ0n) is 17.8. The molecule has 0 atom stereocenters. The Labute approximate surface area is 196 Å². The fraction of sp³-hybridized carbons (Fsp3) is 0.0385. The number of ether oxygens (including phenoxy) is 1. The number of carbonyl (C=O) groups excluding carboxylic acids is 1. The summed E-state index contributed by atoms with van der Waals surface area (Å²) in [7, 11) is 1.63. The first-order valence-electron chi connectivity index (χ1n) is 10.4. The van der Waals surface area contributed by atoms with Crippen LogP contribution in [0.25, 0.3) is 23.0 Å². The van der Waals surface area contributed by atoms with E-state index in [1.165, 1.54) is 4.90 Å². The van der Waals surface area contributed by atoms with Gasteiger partial charge in [0.2, 0.25) is 0 Å². The second-order valence-electron chi connectivity index (χ2n) is 7.41. The third-order valence-corrected chi connectivity index (χ3v) is 5.60. The van der Waals surface area contributed by atoms with Crippen LogP contribution in [0.3, 0.4) is 0 Å². The maximum absolute atomic E-state index is 13.2. The number of hydrogen-bond acceptors (Lipinski definition) is 4. The second kappa shape index (κ2) is 8.72. The number of nitrogens with one attached hydrogen (secondary N) is 1. The molecule has 2 heterocycles. The van der Waals surface area contributed by atoms with Crippen molar-refractivity contribution in [1.29, 1.82) is 0 Å². The monoisotopic (exact) mass is 452 g/mol. The van der Waals surface area contributed by atoms with Crippen molar-refractivity contribution in [1.82, 2.24) is 15.1 Å². The van der Waals surface area contributed by atoms with E-state index >= 15 is 0 Å². The summed E-state index contributed by atoms with van der Waals surface area (Å²) in [6.45, 7) is 0. The molecule has 1 aliphatic rings. The van der Waals surface area contributed by atoms with E-state index in [-0.39, 0.29) is 5.91 Å². The van der Waals surface area contributed by atoms with Crippen LogP contribution in [0.4, 0.5) is 5.69 Å². The summed E-state index contributed by atoms with van der Waals surface area (Å²) in [5.41, 5.74) is 4.48. The highest BCUT2D eigenvalue weighted by Gasteiger charge is 2.32. The zero-order chi connectivity index (χ0) is 22.8. The Morgan fingerprint density at radius 1 is 0.909 bits per heavy atom. The first kappa shape index (κ1) is 20.7. The smallest absolute Gasteiger partial charge is 0.281 e. The van der Waals surface area contributed by atoms with E-state index in [4.69, 9.17) is 22.1 Å². The highest BCUT2D eigenvalue weighted by molar-refractivity contribution is 7.80. The number of para-hydroxylation sites is 2. The van der Waals surface area contributed by atoms with Crippen molar-refractivity contribution < 1.29 is 9.53 Å². The molecule has 0 radical (unpaired) electrons. The minimum absolute atomic E-state index is 0.209. The lowest BCUT2D eigenvalue weighted by molar-refractivity contribution is -0.113. The molecule has 1 fully saturated rings. The van der Waals surface area contributed by atoms with Crippen molar-refractivity contribution in [3.63, 3.8) is 0 Å². The maximum Gasteiger partial charge on any atom is 0.281 e. The van der Waals surface area contributed by atoms with Gasteiger partial charge in [0.1, 0.15) is 17.1 Å². The van der Waals surface area contributed by atoms with Crippen LogP contribution >= 0.6 is 12.2 Å². The van der Waals surface area contributed by atoms with E-state index in [0.29, 0.717) is 10.8 Å². The van der Waals surface area contributed by atoms with Crippen LogP contribution in [0.15, 0.2) is 96.8 Å². The normalized spacial score (nSPS) is 14.6. The van der Waals surface area contributed by atoms with Crippen molar-refractivity contribution in [2.45, 2.75) is 0 Å². The average Bonchev–Trinajstić information content (AvgIpc) is 3.40. The van der Waals surface area contributed by atoms with E-state index in [1.54, 1.807) is 17.9 Å². The summed E-state index contributed by atoms with van der Waals surface area (Å²) in [6.07, 6.45) is 3.70. The SMILES string of the molecule is COc1ccc(-c2nn(-c3ccccc3)cc2/C=C2\NC(=S)N(c3ccccc3)C2=O)cc1. The Balaban J connectivity index is 1.58. The molecule has 33 heavy (non-hydrogen) atoms. The Morgan fingerprint density at radius 3 is 2.18 bits per heavy atom. The summed E-state index contributed by atoms with van der Waals surface area (Å²) in [5.74, 6) is 0.553. The third-order valence-electron chi connectivity index (χ3n) is 5.32. The standard InChI is InChI=1S/C26H20N4O2S/c1-32-22-14-12-18(13-15-22)24-19(17-29(28-24)20-8-4-2-5-9-20)16-23-25(31)30(26(33)27-23)21-10-6-3-7-11-21/h2-17H,1H3,(H,27,33)/b23-16-. The van der Waals surface area contributed by atoms with E-state index in [0.717, 1.165) is 33.9 Å². The molecule has 162 valence electrons. The van der Waals surface area contributed by atoms with Gasteiger partial charge >= 0.3 is 0 Å². The van der Waals surface area contributed by atoms with Crippen LogP contribution in [0, 0.1) is 0 Å². The van der Waals surface area contributed by atoms with Gasteiger partial charge in [-0.1, -0.05) is 36.4 Å². The molecule has 0 spiro atoms. The number of benzene rings is 3. The minimum Gasteiger partial charge on any atom is -0.497 e. The van der Waals surface area contributed by atoms with Gasteiger partial charge < -0.3 is 10.1 Å². The van der Waals surface area contributed by atoms with Gasteiger partial charge in [0.05, 0.1) is 18.5 Å². The number of methoxy groups -OCH3 is 1. The van der Waals surface area contributed by atoms with Gasteiger partial charge in [-0.3, -0.25) is 9.69 Å². The number of nitrogens with zero attached hydrogens (tertiary/aromatic N) is 3. The lowest BCUT2D eigenvalue weighted by Gasteiger charge is -2.13. The van der Waals surface area contributed by atoms with Crippen LogP contribution in [-0.4, -0.2) is 27.9 Å². The van der Waals surface area contributed by atoms with E-state index < -0.39 is 0 Å². The number of hydrogen-bond donors (Lipinski definition) is 1. The summed E-state index contributed by atoms with van der Waals surface area (Å²) >= 11 is 5.45. The van der Waals surface area contributed by atoms with Crippen LogP contribution in [0.2, 0.25) is 0 Å². The topological polar surface area (TPSA) is 59.4 Å². The van der Waals surface area contributed by atoms with E-state index in [1.807, 2.05) is 91.1 Å². The molecule has 0 bridgehead atoms. The third kappa shape index (κ3) is 4.02. The van der Waals surface area contributed by atoms with Gasteiger partial charge in [0, 0.05) is 17.3 Å². The number of carbonyl (C=O) groups is 1. The fourth-order valence-corrected chi connectivity index (χ4v) is 3.98. The lowest BCUT2D eigenvalue weighted by Crippen LogP contribution is -2.30. The van der Waals surface area contributed by atoms with Crippen LogP contribution in [0.1, 0.15) is 5.56 Å². The predicted octanol–water partition coefficient (Wildman–Crippen LogP) is 4.81. The largest absolute Gasteiger partial charge is 0.497 e. The Morgan fingerprint density at radius 2 is 1.55 bits per heavy atom. The molecule has 0 aliphatic carbocycles. The number of anilines is 1. The second-order valence-corrected chi connectivity index (χ2v) is 7.79. The molecule has 1 amide bonds. The highest BCUT2D eigenvalue weighted by atomic mass is 32.1. The molecule has 1 N–H and O–H groups in total. The molecule has 1 saturated heterocycles. The van der Waals surface area contributed by atoms with E-state index in [9.17, 15) is 4.79 Å². The summed E-state index contributed by atoms with van der Waals surface area (Å²) in [4.78, 5) is 14.7. The van der Waals surface area contributed by atoms with Crippen LogP contribution in [-0.2, 0) is 4.79 Å². The molecule has 7 heteroatoms. The molecule has 5 rings (SSSR count). The van der Waals surface area contributed by atoms with Crippen LogP contribution in [0.5, 0.6) is 5.75 Å². The van der Waals surface area contributed by atoms with Gasteiger partial charge in [0.15, 0.2) is 5.11 Å². The average molecular weight is 453 g/mol. The van der Waals surface area contributed by atoms with Crippen molar-refractivity contribution in [3.8, 4) is 22.7 Å². The molecular weight excluding hydrogens is 432 g/mol. The molecule has 3 aromatic carbocycles. The van der Waals surface area contributed by atoms with Gasteiger partial charge in [-0.05, 0) is 66.8 Å². The number of aromatic nitrogens is 2. The van der Waals surface area contributed by atoms with Crippen molar-refractivity contribution >= 4 is 35.0 Å². The molecule has 4 aromatic rings. The van der Waals surface area contributed by atoms with Gasteiger partial charge in [0.25, 0.3) is 5.91 Å². The Hall–Kier alpha value is -4.23. The summed E-state index contributed by atoms with van der Waals surface area (Å²) in [6, 6.07) is 26.9. The molecular formula is C26H20N4O2S. The molecule has 0 saturated carbocycles. The van der Waals surface area contributed by atoms with Gasteiger partial charge in [-0.15, -0.1) is 0 Å². The van der Waals surface area contributed by atoms with Crippen LogP contribution < -0.4 is 15.0 Å². The van der Waals surface area contributed by atoms with Crippen molar-refractivity contribution in [2.24, 2.45) is 0 Å². The summed E-state index contributed by atoms with van der Waals surface area (Å²) < 4.78 is 7.09. The first-order valence-corrected chi connectivity index (χ1v) is 10.8. The predicted molar refractivity (Wildman–Crippen MR) is 133 cm³/mol. The fourth-order valence-electron chi connectivity index (χ4n) is 3.68. The molecule has 6 nitrogen and oxygen atoms in total. The molecule has 1 aliphatic heterocycles. The highest BCUT2D eigenvalue weighted by Crippen LogP contribution is 2.29. The van der Waals surface area contributed by atoms with Crippen molar-refractivity contribution in [2.75, 3.05) is 12.0 Å². The molecule has 1 aromatic heterocycles. The number of rotatable bonds is 5. The Bertz CT molecular complexity index is 1350. The maximum atomic E-state index is 13.2. The number of thiocarbonyl (C=S) groups is 1. The Kier molecular flexibility index (Phi) is 5.46. The zero-order valence-corrected chi connectivity index (χ0v) is 18.6. The lowest BCUT2D eigenvalue weighted by atomic mass is 10.1. The van der Waals surface area contributed by atoms with Crippen molar-refractivity contribution in [3.05, 3.63) is 102 Å². The van der Waals surface area contributed by atoms with E-state index in [2.05, 4.69) is 5.32 Å². The quantitative estimate of drug-likeness (QED) is 0.348. The number of amides is 1. The van der Waals surface area contributed by atoms with Gasteiger partial charge in [-0.2, -0.15) is 5.10 Å². The first-order chi connectivity index (χ1) is 16.1. The minimum atomic E-state index is -0.209. The van der Waals surface area contributed by atoms with Gasteiger partial charge in [-0.25, -0.2) is 4.68 Å². The molecule has 0 unspecified atom stereocenters.